The first-order valence-corrected chi connectivity index (χ1v) is 14.7. The number of benzene rings is 3. The van der Waals surface area contributed by atoms with Crippen molar-refractivity contribution in [2.75, 3.05) is 27.2 Å². The van der Waals surface area contributed by atoms with Gasteiger partial charge in [0.1, 0.15) is 23.4 Å². The first kappa shape index (κ1) is 26.6. The Morgan fingerprint density at radius 3 is 2.50 bits per heavy atom. The molecule has 0 amide bonds. The molecule has 0 spiro atoms. The lowest BCUT2D eigenvalue weighted by atomic mass is 9.79. The van der Waals surface area contributed by atoms with Gasteiger partial charge in [-0.1, -0.05) is 37.1 Å². The fourth-order valence-electron chi connectivity index (χ4n) is 6.59. The number of hydrogen-bond donors (Lipinski definition) is 1. The number of aromatic nitrogens is 2. The number of likely N-dealkylation sites (tertiary alicyclic amines) is 1. The van der Waals surface area contributed by atoms with Crippen LogP contribution >= 0.6 is 0 Å². The topological polar surface area (TPSA) is 67.5 Å². The Bertz CT molecular complexity index is 1450. The molecule has 3 aromatic carbocycles. The van der Waals surface area contributed by atoms with Gasteiger partial charge in [-0.05, 0) is 86.7 Å². The summed E-state index contributed by atoms with van der Waals surface area (Å²) in [6.45, 7) is 2.15. The average Bonchev–Trinajstić information content (AvgIpc) is 3.66. The Kier molecular flexibility index (Phi) is 7.87. The van der Waals surface area contributed by atoms with Gasteiger partial charge < -0.3 is 14.4 Å². The van der Waals surface area contributed by atoms with Gasteiger partial charge >= 0.3 is 0 Å². The van der Waals surface area contributed by atoms with Gasteiger partial charge in [-0.15, -0.1) is 0 Å². The molecule has 6 nitrogen and oxygen atoms in total. The Morgan fingerprint density at radius 2 is 1.75 bits per heavy atom. The average molecular weight is 538 g/mol. The van der Waals surface area contributed by atoms with Gasteiger partial charge in [0, 0.05) is 41.9 Å². The zero-order valence-electron chi connectivity index (χ0n) is 23.6. The minimum Gasteiger partial charge on any atom is -0.496 e. The molecular weight excluding hydrogens is 498 g/mol. The van der Waals surface area contributed by atoms with Gasteiger partial charge in [0.2, 0.25) is 0 Å². The molecule has 2 aliphatic rings. The second-order valence-electron chi connectivity index (χ2n) is 11.5. The molecule has 0 bridgehead atoms. The lowest BCUT2D eigenvalue weighted by molar-refractivity contribution is -0.121. The number of hydrogen-bond acceptors (Lipinski definition) is 5. The maximum absolute atomic E-state index is 13.9. The SMILES string of the molecule is COc1ccccc1C(C(=O)Cc1ccc2[nH]nc(-c3ccc(OC4CCN(C)CC4)cc3)c2c1)C1CCCC1. The normalized spacial score (nSPS) is 17.8. The maximum atomic E-state index is 13.9. The van der Waals surface area contributed by atoms with Gasteiger partial charge in [0.05, 0.1) is 18.3 Å². The van der Waals surface area contributed by atoms with Crippen LogP contribution in [0.5, 0.6) is 11.5 Å². The highest BCUT2D eigenvalue weighted by Gasteiger charge is 2.33. The van der Waals surface area contributed by atoms with Crippen LogP contribution in [0, 0.1) is 5.92 Å². The van der Waals surface area contributed by atoms with E-state index in [2.05, 4.69) is 52.5 Å². The number of nitrogens with one attached hydrogen (secondary N) is 1. The molecule has 6 rings (SSSR count). The number of fused-ring (bicyclic) bond motifs is 1. The number of piperidine rings is 1. The molecule has 0 radical (unpaired) electrons. The van der Waals surface area contributed by atoms with E-state index in [-0.39, 0.29) is 17.8 Å². The number of Topliss-reactive ketones (excluding diaryl/α,β-unsaturated/α-hetero) is 1. The number of nitrogens with zero attached hydrogens (tertiary/aromatic N) is 2. The molecule has 2 heterocycles. The van der Waals surface area contributed by atoms with Gasteiger partial charge in [-0.3, -0.25) is 9.89 Å². The first-order valence-electron chi connectivity index (χ1n) is 14.7. The van der Waals surface area contributed by atoms with Crippen LogP contribution in [-0.4, -0.2) is 54.2 Å². The van der Waals surface area contributed by atoms with E-state index in [0.29, 0.717) is 12.3 Å². The van der Waals surface area contributed by atoms with E-state index in [1.807, 2.05) is 36.4 Å². The molecule has 4 aromatic rings. The highest BCUT2D eigenvalue weighted by Crippen LogP contribution is 2.42. The summed E-state index contributed by atoms with van der Waals surface area (Å²) in [5.74, 6) is 2.20. The summed E-state index contributed by atoms with van der Waals surface area (Å²) in [6.07, 6.45) is 7.35. The van der Waals surface area contributed by atoms with E-state index in [9.17, 15) is 4.79 Å². The molecule has 1 saturated carbocycles. The zero-order valence-corrected chi connectivity index (χ0v) is 23.6. The fourth-order valence-corrected chi connectivity index (χ4v) is 6.59. The molecule has 208 valence electrons. The predicted octanol–water partition coefficient (Wildman–Crippen LogP) is 6.80. The highest BCUT2D eigenvalue weighted by atomic mass is 16.5. The minimum absolute atomic E-state index is 0.143. The van der Waals surface area contributed by atoms with E-state index in [4.69, 9.17) is 9.47 Å². The molecule has 6 heteroatoms. The van der Waals surface area contributed by atoms with Crippen LogP contribution in [0.3, 0.4) is 0 Å². The summed E-state index contributed by atoms with van der Waals surface area (Å²) in [4.78, 5) is 16.3. The number of ketones is 1. The van der Waals surface area contributed by atoms with Gasteiger partial charge in [0.15, 0.2) is 0 Å². The smallest absolute Gasteiger partial charge is 0.145 e. The van der Waals surface area contributed by atoms with Crippen molar-refractivity contribution in [2.24, 2.45) is 5.92 Å². The Morgan fingerprint density at radius 1 is 1.00 bits per heavy atom. The molecule has 1 saturated heterocycles. The van der Waals surface area contributed by atoms with E-state index >= 15 is 0 Å². The van der Waals surface area contributed by atoms with Crippen LogP contribution < -0.4 is 9.47 Å². The molecule has 1 atom stereocenters. The van der Waals surface area contributed by atoms with Crippen molar-refractivity contribution in [3.63, 3.8) is 0 Å². The molecule has 1 aromatic heterocycles. The highest BCUT2D eigenvalue weighted by molar-refractivity contribution is 5.95. The molecule has 1 N–H and O–H groups in total. The fraction of sp³-hybridized carbons (Fsp3) is 0.412. The minimum atomic E-state index is -0.143. The number of carbonyl (C=O) groups is 1. The third kappa shape index (κ3) is 5.64. The second kappa shape index (κ2) is 11.8. The molecular formula is C34H39N3O3. The molecule has 2 fully saturated rings. The van der Waals surface area contributed by atoms with Crippen LogP contribution in [0.25, 0.3) is 22.2 Å². The summed E-state index contributed by atoms with van der Waals surface area (Å²) in [5, 5.41) is 8.84. The molecule has 1 unspecified atom stereocenters. The number of H-pyrrole nitrogens is 1. The summed E-state index contributed by atoms with van der Waals surface area (Å²) < 4.78 is 11.9. The zero-order chi connectivity index (χ0) is 27.5. The van der Waals surface area contributed by atoms with E-state index in [1.165, 1.54) is 12.8 Å². The summed E-state index contributed by atoms with van der Waals surface area (Å²) in [6, 6.07) is 22.5. The third-order valence-electron chi connectivity index (χ3n) is 8.79. The van der Waals surface area contributed by atoms with Crippen molar-refractivity contribution in [1.82, 2.24) is 15.1 Å². The maximum Gasteiger partial charge on any atom is 0.145 e. The van der Waals surface area contributed by atoms with Gasteiger partial charge in [-0.2, -0.15) is 5.10 Å². The van der Waals surface area contributed by atoms with E-state index < -0.39 is 0 Å². The van der Waals surface area contributed by atoms with Crippen molar-refractivity contribution in [2.45, 2.75) is 57.0 Å². The van der Waals surface area contributed by atoms with Crippen molar-refractivity contribution >= 4 is 16.7 Å². The third-order valence-corrected chi connectivity index (χ3v) is 8.79. The van der Waals surface area contributed by atoms with E-state index in [1.54, 1.807) is 7.11 Å². The van der Waals surface area contributed by atoms with Crippen molar-refractivity contribution < 1.29 is 14.3 Å². The van der Waals surface area contributed by atoms with Gasteiger partial charge in [-0.25, -0.2) is 0 Å². The molecule has 40 heavy (non-hydrogen) atoms. The lowest BCUT2D eigenvalue weighted by Crippen LogP contribution is -2.35. The summed E-state index contributed by atoms with van der Waals surface area (Å²) in [5.41, 5.74) is 4.93. The van der Waals surface area contributed by atoms with Crippen LogP contribution in [0.4, 0.5) is 0 Å². The number of carbonyl (C=O) groups excluding carboxylic acids is 1. The summed E-state index contributed by atoms with van der Waals surface area (Å²) >= 11 is 0. The Balaban J connectivity index is 1.22. The summed E-state index contributed by atoms with van der Waals surface area (Å²) in [7, 11) is 3.85. The van der Waals surface area contributed by atoms with Crippen molar-refractivity contribution in [1.29, 1.82) is 0 Å². The number of aromatic amines is 1. The van der Waals surface area contributed by atoms with Crippen LogP contribution in [0.2, 0.25) is 0 Å². The standard InChI is InChI=1S/C34H39N3O3/c1-37-19-17-27(18-20-37)40-26-14-12-25(13-15-26)34-29-21-23(11-16-30(29)35-36-34)22-31(38)33(24-7-3-4-8-24)28-9-5-6-10-32(28)39-2/h5-6,9-16,21,24,27,33H,3-4,7-8,17-20,22H2,1-2H3,(H,35,36). The largest absolute Gasteiger partial charge is 0.496 e. The van der Waals surface area contributed by atoms with Crippen molar-refractivity contribution in [3.05, 3.63) is 77.9 Å². The molecule has 1 aliphatic heterocycles. The Hall–Kier alpha value is -3.64. The Labute approximate surface area is 236 Å². The van der Waals surface area contributed by atoms with E-state index in [0.717, 1.165) is 83.6 Å². The predicted molar refractivity (Wildman–Crippen MR) is 159 cm³/mol. The number of para-hydroxylation sites is 1. The van der Waals surface area contributed by atoms with Crippen LogP contribution in [-0.2, 0) is 11.2 Å². The van der Waals surface area contributed by atoms with Gasteiger partial charge in [0.25, 0.3) is 0 Å². The first-order chi connectivity index (χ1) is 19.6. The van der Waals surface area contributed by atoms with Crippen molar-refractivity contribution in [3.8, 4) is 22.8 Å². The lowest BCUT2D eigenvalue weighted by Gasteiger charge is -2.29. The quantitative estimate of drug-likeness (QED) is 0.254. The van der Waals surface area contributed by atoms with Crippen LogP contribution in [0.15, 0.2) is 66.7 Å². The molecule has 1 aliphatic carbocycles. The number of rotatable bonds is 9. The monoisotopic (exact) mass is 537 g/mol. The van der Waals surface area contributed by atoms with Crippen LogP contribution in [0.1, 0.15) is 55.6 Å². The number of ether oxygens (including phenoxy) is 2. The number of methoxy groups -OCH3 is 1. The second-order valence-corrected chi connectivity index (χ2v) is 11.5.